The number of carbonyl (C=O) groups is 1. The van der Waals surface area contributed by atoms with Gasteiger partial charge in [0, 0.05) is 30.9 Å². The minimum atomic E-state index is -0.621. The minimum Gasteiger partial charge on any atom is -0.423 e. The fraction of sp³-hybridized carbons (Fsp3) is 0.148. The zero-order valence-corrected chi connectivity index (χ0v) is 21.1. The van der Waals surface area contributed by atoms with Crippen molar-refractivity contribution in [1.82, 2.24) is 15.0 Å². The summed E-state index contributed by atoms with van der Waals surface area (Å²) in [4.78, 5) is 38.1. The SMILES string of the molecule is O=C(Oc1ccc(/C=N\Nc2nc(Nc3ccccc3)nc(N3CCOCC3)n2)cc1)c1ccc([N+](=O)[O-])cc1. The van der Waals surface area contributed by atoms with E-state index in [1.165, 1.54) is 24.3 Å². The fourth-order valence-corrected chi connectivity index (χ4v) is 3.70. The monoisotopic (exact) mass is 540 g/mol. The molecule has 0 unspecified atom stereocenters. The lowest BCUT2D eigenvalue weighted by molar-refractivity contribution is -0.384. The summed E-state index contributed by atoms with van der Waals surface area (Å²) >= 11 is 0. The highest BCUT2D eigenvalue weighted by atomic mass is 16.6. The Kier molecular flexibility index (Phi) is 8.12. The van der Waals surface area contributed by atoms with Gasteiger partial charge in [-0.2, -0.15) is 20.1 Å². The quantitative estimate of drug-likeness (QED) is 0.104. The van der Waals surface area contributed by atoms with Crippen molar-refractivity contribution in [2.45, 2.75) is 0 Å². The molecule has 1 aromatic heterocycles. The third-order valence-electron chi connectivity index (χ3n) is 5.73. The lowest BCUT2D eigenvalue weighted by atomic mass is 10.2. The van der Waals surface area contributed by atoms with Gasteiger partial charge in [0.25, 0.3) is 5.69 Å². The van der Waals surface area contributed by atoms with Crippen LogP contribution in [0.15, 0.2) is 84.0 Å². The van der Waals surface area contributed by atoms with E-state index in [9.17, 15) is 14.9 Å². The van der Waals surface area contributed by atoms with Crippen LogP contribution < -0.4 is 20.4 Å². The summed E-state index contributed by atoms with van der Waals surface area (Å²) in [7, 11) is 0. The lowest BCUT2D eigenvalue weighted by Gasteiger charge is -2.27. The van der Waals surface area contributed by atoms with Crippen molar-refractivity contribution >= 4 is 41.4 Å². The molecule has 2 heterocycles. The molecule has 2 N–H and O–H groups in total. The number of nitro benzene ring substituents is 1. The minimum absolute atomic E-state index is 0.105. The second kappa shape index (κ2) is 12.4. The molecule has 0 atom stereocenters. The average molecular weight is 541 g/mol. The van der Waals surface area contributed by atoms with Crippen LogP contribution >= 0.6 is 0 Å². The first-order chi connectivity index (χ1) is 19.5. The van der Waals surface area contributed by atoms with E-state index >= 15 is 0 Å². The number of non-ortho nitro benzene ring substituents is 1. The highest BCUT2D eigenvalue weighted by Crippen LogP contribution is 2.19. The second-order valence-corrected chi connectivity index (χ2v) is 8.51. The summed E-state index contributed by atoms with van der Waals surface area (Å²) in [5, 5.41) is 18.2. The molecule has 13 heteroatoms. The molecule has 1 aliphatic heterocycles. The van der Waals surface area contributed by atoms with Crippen molar-refractivity contribution in [1.29, 1.82) is 0 Å². The molecule has 5 rings (SSSR count). The molecule has 202 valence electrons. The summed E-state index contributed by atoms with van der Waals surface area (Å²) in [6.07, 6.45) is 1.57. The van der Waals surface area contributed by atoms with E-state index in [0.717, 1.165) is 11.3 Å². The van der Waals surface area contributed by atoms with Crippen molar-refractivity contribution in [2.24, 2.45) is 5.10 Å². The van der Waals surface area contributed by atoms with E-state index in [-0.39, 0.29) is 17.2 Å². The van der Waals surface area contributed by atoms with Crippen molar-refractivity contribution in [3.05, 3.63) is 100 Å². The lowest BCUT2D eigenvalue weighted by Crippen LogP contribution is -2.37. The van der Waals surface area contributed by atoms with E-state index in [0.29, 0.717) is 43.9 Å². The van der Waals surface area contributed by atoms with Gasteiger partial charge in [0.05, 0.1) is 29.9 Å². The Labute approximate surface area is 228 Å². The van der Waals surface area contributed by atoms with Gasteiger partial charge in [0.2, 0.25) is 17.8 Å². The molecule has 1 aliphatic rings. The number of rotatable bonds is 9. The zero-order valence-electron chi connectivity index (χ0n) is 21.1. The molecule has 0 aliphatic carbocycles. The number of hydrogen-bond donors (Lipinski definition) is 2. The van der Waals surface area contributed by atoms with Gasteiger partial charge in [-0.05, 0) is 54.1 Å². The topological polar surface area (TPSA) is 157 Å². The van der Waals surface area contributed by atoms with Crippen LogP contribution in [-0.2, 0) is 4.74 Å². The summed E-state index contributed by atoms with van der Waals surface area (Å²) in [6, 6.07) is 21.5. The number of anilines is 4. The van der Waals surface area contributed by atoms with Crippen LogP contribution in [0.2, 0.25) is 0 Å². The maximum atomic E-state index is 12.3. The van der Waals surface area contributed by atoms with Crippen LogP contribution in [0.25, 0.3) is 0 Å². The Hall–Kier alpha value is -5.43. The van der Waals surface area contributed by atoms with E-state index in [1.807, 2.05) is 35.2 Å². The van der Waals surface area contributed by atoms with Crippen LogP contribution in [0.1, 0.15) is 15.9 Å². The predicted octanol–water partition coefficient (Wildman–Crippen LogP) is 4.03. The van der Waals surface area contributed by atoms with Gasteiger partial charge in [0.15, 0.2) is 0 Å². The predicted molar refractivity (Wildman–Crippen MR) is 148 cm³/mol. The van der Waals surface area contributed by atoms with E-state index < -0.39 is 10.9 Å². The number of esters is 1. The summed E-state index contributed by atoms with van der Waals surface area (Å²) < 4.78 is 10.8. The number of morpholine rings is 1. The van der Waals surface area contributed by atoms with Crippen molar-refractivity contribution in [3.63, 3.8) is 0 Å². The number of nitrogens with one attached hydrogen (secondary N) is 2. The number of carbonyl (C=O) groups excluding carboxylic acids is 1. The third kappa shape index (κ3) is 6.90. The highest BCUT2D eigenvalue weighted by molar-refractivity contribution is 5.91. The number of ether oxygens (including phenoxy) is 2. The maximum Gasteiger partial charge on any atom is 0.343 e. The number of benzene rings is 3. The highest BCUT2D eigenvalue weighted by Gasteiger charge is 2.17. The van der Waals surface area contributed by atoms with Gasteiger partial charge in [0.1, 0.15) is 5.75 Å². The maximum absolute atomic E-state index is 12.3. The van der Waals surface area contributed by atoms with Gasteiger partial charge in [-0.25, -0.2) is 10.2 Å². The molecule has 40 heavy (non-hydrogen) atoms. The molecule has 4 aromatic rings. The van der Waals surface area contributed by atoms with Gasteiger partial charge >= 0.3 is 5.97 Å². The van der Waals surface area contributed by atoms with Crippen molar-refractivity contribution in [3.8, 4) is 5.75 Å². The Morgan fingerprint density at radius 3 is 2.35 bits per heavy atom. The molecule has 0 radical (unpaired) electrons. The van der Waals surface area contributed by atoms with Crippen molar-refractivity contribution in [2.75, 3.05) is 41.9 Å². The molecular weight excluding hydrogens is 516 g/mol. The molecule has 0 bridgehead atoms. The normalized spacial score (nSPS) is 13.2. The third-order valence-corrected chi connectivity index (χ3v) is 5.73. The molecule has 1 fully saturated rings. The first-order valence-electron chi connectivity index (χ1n) is 12.3. The van der Waals surface area contributed by atoms with Crippen LogP contribution in [0.5, 0.6) is 5.75 Å². The van der Waals surface area contributed by atoms with Gasteiger partial charge in [-0.1, -0.05) is 18.2 Å². The molecule has 3 aromatic carbocycles. The summed E-state index contributed by atoms with van der Waals surface area (Å²) in [5.41, 5.74) is 4.52. The van der Waals surface area contributed by atoms with Crippen LogP contribution in [0.4, 0.5) is 29.2 Å². The number of nitro groups is 1. The van der Waals surface area contributed by atoms with E-state index in [1.54, 1.807) is 30.5 Å². The molecule has 1 saturated heterocycles. The standard InChI is InChI=1S/C27H24N8O5/c36-24(20-8-10-22(11-9-20)35(37)38)40-23-12-6-19(7-13-23)18-28-33-26-30-25(29-21-4-2-1-3-5-21)31-27(32-26)34-14-16-39-17-15-34/h1-13,18H,14-17H2,(H2,29,30,31,32,33)/b28-18-. The summed E-state index contributed by atoms with van der Waals surface area (Å²) in [6.45, 7) is 2.51. The van der Waals surface area contributed by atoms with Gasteiger partial charge < -0.3 is 19.7 Å². The van der Waals surface area contributed by atoms with Gasteiger partial charge in [-0.3, -0.25) is 10.1 Å². The van der Waals surface area contributed by atoms with E-state index in [2.05, 4.69) is 30.8 Å². The Morgan fingerprint density at radius 1 is 0.950 bits per heavy atom. The smallest absolute Gasteiger partial charge is 0.343 e. The van der Waals surface area contributed by atoms with Crippen molar-refractivity contribution < 1.29 is 19.2 Å². The van der Waals surface area contributed by atoms with Gasteiger partial charge in [-0.15, -0.1) is 0 Å². The summed E-state index contributed by atoms with van der Waals surface area (Å²) in [5.74, 6) is 0.842. The molecule has 0 amide bonds. The Morgan fingerprint density at radius 2 is 1.65 bits per heavy atom. The van der Waals surface area contributed by atoms with Crippen LogP contribution in [0.3, 0.4) is 0 Å². The average Bonchev–Trinajstić information content (AvgIpc) is 2.99. The number of hydrogen-bond acceptors (Lipinski definition) is 12. The molecule has 13 nitrogen and oxygen atoms in total. The zero-order chi connectivity index (χ0) is 27.7. The number of aromatic nitrogens is 3. The number of hydrazone groups is 1. The van der Waals surface area contributed by atoms with E-state index in [4.69, 9.17) is 9.47 Å². The van der Waals surface area contributed by atoms with Crippen LogP contribution in [-0.4, -0.2) is 58.4 Å². The number of para-hydroxylation sites is 1. The first kappa shape index (κ1) is 26.2. The molecule has 0 saturated carbocycles. The number of nitrogens with zero attached hydrogens (tertiary/aromatic N) is 6. The Balaban J connectivity index is 1.24. The van der Waals surface area contributed by atoms with Crippen LogP contribution in [0, 0.1) is 10.1 Å². The fourth-order valence-electron chi connectivity index (χ4n) is 3.70. The molecular formula is C27H24N8O5. The molecule has 0 spiro atoms. The second-order valence-electron chi connectivity index (χ2n) is 8.51. The largest absolute Gasteiger partial charge is 0.423 e. The Bertz CT molecular complexity index is 1490. The first-order valence-corrected chi connectivity index (χ1v) is 12.3.